The fraction of sp³-hybridized carbons (Fsp3) is 0.467. The number of aryl methyl sites for hydroxylation is 1. The molecule has 0 bridgehead atoms. The van der Waals surface area contributed by atoms with Gasteiger partial charge in [0.05, 0.1) is 12.2 Å². The Balaban J connectivity index is 0.000000883. The number of aliphatic carboxylic acids is 2. The highest BCUT2D eigenvalue weighted by Crippen LogP contribution is 2.36. The smallest absolute Gasteiger partial charge is 0.302 e. The molecule has 40 heavy (non-hydrogen) atoms. The Morgan fingerprint density at radius 2 is 1.48 bits per heavy atom. The Morgan fingerprint density at radius 3 is 1.98 bits per heavy atom. The van der Waals surface area contributed by atoms with Crippen LogP contribution in [0.4, 0.5) is 0 Å². The molecule has 0 spiro atoms. The average molecular weight is 624 g/mol. The van der Waals surface area contributed by atoms with Crippen LogP contribution < -0.4 is 0 Å². The largest absolute Gasteiger partial charge is 0.481 e. The van der Waals surface area contributed by atoms with Crippen molar-refractivity contribution >= 4 is 39.8 Å². The summed E-state index contributed by atoms with van der Waals surface area (Å²) >= 11 is 3.71. The van der Waals surface area contributed by atoms with Crippen LogP contribution in [0.3, 0.4) is 0 Å². The molecule has 1 saturated heterocycles. The molecule has 0 saturated carbocycles. The lowest BCUT2D eigenvalue weighted by Gasteiger charge is -2.35. The van der Waals surface area contributed by atoms with E-state index in [4.69, 9.17) is 34.0 Å². The predicted molar refractivity (Wildman–Crippen MR) is 153 cm³/mol. The third-order valence-electron chi connectivity index (χ3n) is 5.84. The van der Waals surface area contributed by atoms with Gasteiger partial charge >= 0.3 is 11.9 Å². The second kappa shape index (κ2) is 17.5. The van der Waals surface area contributed by atoms with Gasteiger partial charge in [-0.1, -0.05) is 53.2 Å². The molecule has 220 valence electrons. The van der Waals surface area contributed by atoms with Crippen molar-refractivity contribution in [3.05, 3.63) is 68.7 Å². The molecule has 0 aromatic heterocycles. The summed E-state index contributed by atoms with van der Waals surface area (Å²) in [6, 6.07) is 13.0. The van der Waals surface area contributed by atoms with E-state index in [2.05, 4.69) is 66.2 Å². The first-order valence-corrected chi connectivity index (χ1v) is 13.7. The van der Waals surface area contributed by atoms with Crippen molar-refractivity contribution in [3.63, 3.8) is 0 Å². The van der Waals surface area contributed by atoms with Crippen molar-refractivity contribution in [2.75, 3.05) is 6.61 Å². The lowest BCUT2D eigenvalue weighted by atomic mass is 9.92. The summed E-state index contributed by atoms with van der Waals surface area (Å²) in [5.41, 5.74) is 6.01. The number of carboxylic acid groups (broad SMARTS) is 2. The molecule has 2 N–H and O–H groups in total. The van der Waals surface area contributed by atoms with Crippen LogP contribution in [0.1, 0.15) is 81.4 Å². The summed E-state index contributed by atoms with van der Waals surface area (Å²) in [6.07, 6.45) is 2.05. The Hall–Kier alpha value is -3.24. The highest BCUT2D eigenvalue weighted by Gasteiger charge is 2.33. The van der Waals surface area contributed by atoms with E-state index in [-0.39, 0.29) is 36.9 Å². The maximum atomic E-state index is 11.6. The van der Waals surface area contributed by atoms with Crippen LogP contribution in [0.5, 0.6) is 0 Å². The fourth-order valence-electron chi connectivity index (χ4n) is 4.08. The monoisotopic (exact) mass is 622 g/mol. The third kappa shape index (κ3) is 13.7. The molecule has 0 aliphatic carbocycles. The summed E-state index contributed by atoms with van der Waals surface area (Å²) in [6.45, 7) is 9.36. The number of hydrogen-bond donors (Lipinski definition) is 2. The van der Waals surface area contributed by atoms with Crippen LogP contribution in [0, 0.1) is 6.92 Å². The van der Waals surface area contributed by atoms with Crippen molar-refractivity contribution in [2.45, 2.75) is 85.5 Å². The number of esters is 2. The number of benzene rings is 2. The third-order valence-corrected chi connectivity index (χ3v) is 6.66. The molecular formula is C30H39BrO9. The average Bonchev–Trinajstić information content (AvgIpc) is 2.84. The molecule has 0 amide bonds. The van der Waals surface area contributed by atoms with Crippen molar-refractivity contribution in [1.29, 1.82) is 0 Å². The molecule has 1 aliphatic heterocycles. The normalized spacial score (nSPS) is 17.7. The maximum absolute atomic E-state index is 11.6. The van der Waals surface area contributed by atoms with Crippen LogP contribution in [-0.2, 0) is 46.2 Å². The zero-order chi connectivity index (χ0) is 30.4. The zero-order valence-electron chi connectivity index (χ0n) is 23.9. The van der Waals surface area contributed by atoms with E-state index in [0.717, 1.165) is 36.7 Å². The van der Waals surface area contributed by atoms with Crippen LogP contribution in [0.2, 0.25) is 0 Å². The summed E-state index contributed by atoms with van der Waals surface area (Å²) in [4.78, 5) is 40.8. The topological polar surface area (TPSA) is 136 Å². The second-order valence-corrected chi connectivity index (χ2v) is 10.3. The van der Waals surface area contributed by atoms with E-state index in [1.54, 1.807) is 0 Å². The van der Waals surface area contributed by atoms with Crippen LogP contribution in [-0.4, -0.2) is 52.9 Å². The summed E-state index contributed by atoms with van der Waals surface area (Å²) in [7, 11) is 0. The SMILES string of the molecule is CC(=O)O.CC(=O)O.CCc1ccc(Cc2cc(C3CC(OC(C)=O)CC(COC(C)=O)O3)cc(Br)c2C)cc1. The molecule has 10 heteroatoms. The van der Waals surface area contributed by atoms with Crippen molar-refractivity contribution in [1.82, 2.24) is 0 Å². The fourth-order valence-corrected chi connectivity index (χ4v) is 4.60. The molecule has 0 radical (unpaired) electrons. The van der Waals surface area contributed by atoms with E-state index >= 15 is 0 Å². The molecule has 3 rings (SSSR count). The van der Waals surface area contributed by atoms with Crippen molar-refractivity contribution < 1.29 is 43.6 Å². The van der Waals surface area contributed by atoms with Gasteiger partial charge in [0.2, 0.25) is 0 Å². The molecule has 2 aromatic carbocycles. The van der Waals surface area contributed by atoms with E-state index < -0.39 is 11.9 Å². The summed E-state index contributed by atoms with van der Waals surface area (Å²) in [5, 5.41) is 14.8. The van der Waals surface area contributed by atoms with Gasteiger partial charge in [-0.3, -0.25) is 19.2 Å². The molecular weight excluding hydrogens is 584 g/mol. The Kier molecular flexibility index (Phi) is 15.2. The van der Waals surface area contributed by atoms with E-state index in [1.165, 1.54) is 36.1 Å². The number of rotatable bonds is 7. The van der Waals surface area contributed by atoms with E-state index in [9.17, 15) is 9.59 Å². The molecule has 1 aliphatic rings. The first-order valence-electron chi connectivity index (χ1n) is 12.9. The number of hydrogen-bond acceptors (Lipinski definition) is 7. The minimum Gasteiger partial charge on any atom is -0.481 e. The van der Waals surface area contributed by atoms with Gasteiger partial charge in [0.25, 0.3) is 11.9 Å². The van der Waals surface area contributed by atoms with Gasteiger partial charge in [-0.15, -0.1) is 0 Å². The van der Waals surface area contributed by atoms with Crippen LogP contribution in [0.15, 0.2) is 40.9 Å². The van der Waals surface area contributed by atoms with Crippen LogP contribution >= 0.6 is 15.9 Å². The zero-order valence-corrected chi connectivity index (χ0v) is 25.4. The first-order chi connectivity index (χ1) is 18.7. The summed E-state index contributed by atoms with van der Waals surface area (Å²) in [5.74, 6) is -2.34. The van der Waals surface area contributed by atoms with Gasteiger partial charge in [-0.05, 0) is 53.6 Å². The van der Waals surface area contributed by atoms with E-state index in [0.29, 0.717) is 12.8 Å². The highest BCUT2D eigenvalue weighted by atomic mass is 79.9. The van der Waals surface area contributed by atoms with Gasteiger partial charge in [-0.2, -0.15) is 0 Å². The standard InChI is InChI=1S/C26H31BrO5.2C2H4O2/c1-5-19-6-8-20(9-7-19)10-21-11-22(12-25(27)16(21)2)26-14-23(31-18(4)29)13-24(32-26)15-30-17(3)28;2*1-2(3)4/h6-9,11-12,23-24,26H,5,10,13-15H2,1-4H3;2*1H3,(H,3,4). The number of ether oxygens (including phenoxy) is 3. The lowest BCUT2D eigenvalue weighted by molar-refractivity contribution is -0.169. The second-order valence-electron chi connectivity index (χ2n) is 9.42. The van der Waals surface area contributed by atoms with Crippen LogP contribution in [0.25, 0.3) is 0 Å². The molecule has 3 atom stereocenters. The first kappa shape index (κ1) is 34.8. The predicted octanol–water partition coefficient (Wildman–Crippen LogP) is 5.81. The van der Waals surface area contributed by atoms with Gasteiger partial charge in [0.15, 0.2) is 0 Å². The Labute approximate surface area is 244 Å². The highest BCUT2D eigenvalue weighted by molar-refractivity contribution is 9.10. The lowest BCUT2D eigenvalue weighted by Crippen LogP contribution is -2.36. The van der Waals surface area contributed by atoms with Gasteiger partial charge in [0.1, 0.15) is 12.7 Å². The summed E-state index contributed by atoms with van der Waals surface area (Å²) < 4.78 is 18.0. The van der Waals surface area contributed by atoms with Crippen molar-refractivity contribution in [2.24, 2.45) is 0 Å². The number of carboxylic acids is 2. The maximum Gasteiger partial charge on any atom is 0.302 e. The molecule has 9 nitrogen and oxygen atoms in total. The number of carbonyl (C=O) groups is 4. The molecule has 1 heterocycles. The minimum atomic E-state index is -0.833. The van der Waals surface area contributed by atoms with Gasteiger partial charge < -0.3 is 24.4 Å². The molecule has 2 aromatic rings. The quantitative estimate of drug-likeness (QED) is 0.366. The Morgan fingerprint density at radius 1 is 0.925 bits per heavy atom. The van der Waals surface area contributed by atoms with Gasteiger partial charge in [0, 0.05) is 45.0 Å². The molecule has 1 fully saturated rings. The van der Waals surface area contributed by atoms with Crippen molar-refractivity contribution in [3.8, 4) is 0 Å². The number of carbonyl (C=O) groups excluding carboxylic acids is 2. The van der Waals surface area contributed by atoms with Gasteiger partial charge in [-0.25, -0.2) is 0 Å². The Bertz CT molecular complexity index is 1120. The van der Waals surface area contributed by atoms with E-state index in [1.807, 2.05) is 0 Å². The number of halogens is 1. The minimum absolute atomic E-state index is 0.146. The molecule has 3 unspecified atom stereocenters.